The van der Waals surface area contributed by atoms with Crippen LogP contribution in [0.1, 0.15) is 4.88 Å². The van der Waals surface area contributed by atoms with E-state index < -0.39 is 0 Å². The van der Waals surface area contributed by atoms with Gasteiger partial charge in [0.05, 0.1) is 16.2 Å². The second-order valence-corrected chi connectivity index (χ2v) is 5.72. The zero-order chi connectivity index (χ0) is 14.7. The molecule has 0 aliphatic heterocycles. The van der Waals surface area contributed by atoms with Crippen LogP contribution in [-0.4, -0.2) is 10.9 Å². The standard InChI is InChI=1S/C16H11ClN2OS/c17-13-5-1-4-12-14(8-9-18-16(12)13)19-15(20)7-6-11-3-2-10-21-11/h1-10H,(H,18,19,20)/b7-6+. The molecule has 0 radical (unpaired) electrons. The summed E-state index contributed by atoms with van der Waals surface area (Å²) in [4.78, 5) is 17.3. The van der Waals surface area contributed by atoms with Crippen LogP contribution in [0.15, 0.2) is 54.1 Å². The quantitative estimate of drug-likeness (QED) is 0.718. The highest BCUT2D eigenvalue weighted by Gasteiger charge is 2.06. The predicted octanol–water partition coefficient (Wildman–Crippen LogP) is 4.60. The van der Waals surface area contributed by atoms with Crippen molar-refractivity contribution in [3.8, 4) is 0 Å². The number of carbonyl (C=O) groups is 1. The minimum Gasteiger partial charge on any atom is -0.322 e. The second-order valence-electron chi connectivity index (χ2n) is 4.33. The van der Waals surface area contributed by atoms with Gasteiger partial charge in [-0.05, 0) is 29.7 Å². The Morgan fingerprint density at radius 1 is 1.24 bits per heavy atom. The Hall–Kier alpha value is -2.17. The van der Waals surface area contributed by atoms with Gasteiger partial charge >= 0.3 is 0 Å². The van der Waals surface area contributed by atoms with Gasteiger partial charge in [-0.25, -0.2) is 0 Å². The van der Waals surface area contributed by atoms with Crippen molar-refractivity contribution >= 4 is 51.5 Å². The Morgan fingerprint density at radius 2 is 2.14 bits per heavy atom. The van der Waals surface area contributed by atoms with Gasteiger partial charge in [-0.1, -0.05) is 29.8 Å². The van der Waals surface area contributed by atoms with Gasteiger partial charge in [-0.3, -0.25) is 9.78 Å². The van der Waals surface area contributed by atoms with Gasteiger partial charge in [0, 0.05) is 22.5 Å². The van der Waals surface area contributed by atoms with Crippen LogP contribution in [0.2, 0.25) is 5.02 Å². The third-order valence-electron chi connectivity index (χ3n) is 2.92. The Morgan fingerprint density at radius 3 is 2.95 bits per heavy atom. The molecular weight excluding hydrogens is 304 g/mol. The molecule has 1 aromatic carbocycles. The van der Waals surface area contributed by atoms with Crippen LogP contribution in [-0.2, 0) is 4.79 Å². The van der Waals surface area contributed by atoms with Gasteiger partial charge in [0.15, 0.2) is 0 Å². The molecule has 0 unspecified atom stereocenters. The number of amides is 1. The molecular formula is C16H11ClN2OS. The van der Waals surface area contributed by atoms with E-state index in [1.54, 1.807) is 35.7 Å². The predicted molar refractivity (Wildman–Crippen MR) is 88.7 cm³/mol. The molecule has 3 rings (SSSR count). The summed E-state index contributed by atoms with van der Waals surface area (Å²) >= 11 is 7.69. The lowest BCUT2D eigenvalue weighted by molar-refractivity contribution is -0.111. The van der Waals surface area contributed by atoms with E-state index in [2.05, 4.69) is 10.3 Å². The molecule has 3 nitrogen and oxygen atoms in total. The molecule has 1 amide bonds. The smallest absolute Gasteiger partial charge is 0.248 e. The van der Waals surface area contributed by atoms with Gasteiger partial charge in [0.25, 0.3) is 0 Å². The fraction of sp³-hybridized carbons (Fsp3) is 0. The van der Waals surface area contributed by atoms with Gasteiger partial charge in [0.1, 0.15) is 0 Å². The largest absolute Gasteiger partial charge is 0.322 e. The normalized spacial score (nSPS) is 11.1. The molecule has 0 atom stereocenters. The lowest BCUT2D eigenvalue weighted by atomic mass is 10.2. The van der Waals surface area contributed by atoms with Crippen molar-refractivity contribution in [3.63, 3.8) is 0 Å². The Kier molecular flexibility index (Phi) is 3.99. The number of aromatic nitrogens is 1. The molecule has 0 aliphatic carbocycles. The molecule has 0 fully saturated rings. The summed E-state index contributed by atoms with van der Waals surface area (Å²) in [6.45, 7) is 0. The van der Waals surface area contributed by atoms with E-state index in [-0.39, 0.29) is 5.91 Å². The van der Waals surface area contributed by atoms with E-state index in [9.17, 15) is 4.79 Å². The summed E-state index contributed by atoms with van der Waals surface area (Å²) in [5, 5.41) is 6.21. The third kappa shape index (κ3) is 3.12. The molecule has 2 heterocycles. The Bertz CT molecular complexity index is 812. The number of hydrogen-bond donors (Lipinski definition) is 1. The molecule has 0 saturated carbocycles. The van der Waals surface area contributed by atoms with Crippen molar-refractivity contribution in [3.05, 3.63) is 64.0 Å². The summed E-state index contributed by atoms with van der Waals surface area (Å²) < 4.78 is 0. The number of anilines is 1. The number of benzene rings is 1. The molecule has 104 valence electrons. The van der Waals surface area contributed by atoms with Crippen molar-refractivity contribution < 1.29 is 4.79 Å². The molecule has 2 aromatic heterocycles. The van der Waals surface area contributed by atoms with E-state index in [0.29, 0.717) is 16.2 Å². The summed E-state index contributed by atoms with van der Waals surface area (Å²) in [6, 6.07) is 11.2. The molecule has 0 spiro atoms. The van der Waals surface area contributed by atoms with E-state index in [1.807, 2.05) is 29.6 Å². The molecule has 0 saturated heterocycles. The van der Waals surface area contributed by atoms with Crippen LogP contribution in [0, 0.1) is 0 Å². The van der Waals surface area contributed by atoms with Crippen molar-refractivity contribution in [2.75, 3.05) is 5.32 Å². The van der Waals surface area contributed by atoms with Gasteiger partial charge in [-0.2, -0.15) is 0 Å². The van der Waals surface area contributed by atoms with Gasteiger partial charge < -0.3 is 5.32 Å². The fourth-order valence-corrected chi connectivity index (χ4v) is 2.81. The topological polar surface area (TPSA) is 42.0 Å². The summed E-state index contributed by atoms with van der Waals surface area (Å²) in [6.07, 6.45) is 4.94. The lowest BCUT2D eigenvalue weighted by Gasteiger charge is -2.07. The van der Waals surface area contributed by atoms with Crippen molar-refractivity contribution in [2.45, 2.75) is 0 Å². The minimum absolute atomic E-state index is 0.184. The van der Waals surface area contributed by atoms with Crippen LogP contribution >= 0.6 is 22.9 Å². The number of pyridine rings is 1. The maximum absolute atomic E-state index is 12.0. The Labute approximate surface area is 130 Å². The molecule has 0 aliphatic rings. The van der Waals surface area contributed by atoms with Crippen molar-refractivity contribution in [2.24, 2.45) is 0 Å². The zero-order valence-electron chi connectivity index (χ0n) is 10.9. The number of nitrogens with one attached hydrogen (secondary N) is 1. The highest BCUT2D eigenvalue weighted by atomic mass is 35.5. The first-order valence-corrected chi connectivity index (χ1v) is 7.55. The fourth-order valence-electron chi connectivity index (χ4n) is 1.97. The van der Waals surface area contributed by atoms with Crippen LogP contribution in [0.5, 0.6) is 0 Å². The van der Waals surface area contributed by atoms with E-state index in [0.717, 1.165) is 10.3 Å². The second kappa shape index (κ2) is 6.08. The van der Waals surface area contributed by atoms with Crippen LogP contribution in [0.3, 0.4) is 0 Å². The number of thiophene rings is 1. The summed E-state index contributed by atoms with van der Waals surface area (Å²) in [5.41, 5.74) is 1.38. The number of halogens is 1. The first kappa shape index (κ1) is 13.8. The van der Waals surface area contributed by atoms with Gasteiger partial charge in [-0.15, -0.1) is 11.3 Å². The van der Waals surface area contributed by atoms with E-state index >= 15 is 0 Å². The Balaban J connectivity index is 1.85. The average Bonchev–Trinajstić information content (AvgIpc) is 3.00. The first-order valence-electron chi connectivity index (χ1n) is 6.30. The van der Waals surface area contributed by atoms with Gasteiger partial charge in [0.2, 0.25) is 5.91 Å². The molecule has 5 heteroatoms. The minimum atomic E-state index is -0.184. The average molecular weight is 315 g/mol. The number of rotatable bonds is 3. The van der Waals surface area contributed by atoms with Crippen LogP contribution in [0.4, 0.5) is 5.69 Å². The zero-order valence-corrected chi connectivity index (χ0v) is 12.5. The number of carbonyl (C=O) groups excluding carboxylic acids is 1. The maximum Gasteiger partial charge on any atom is 0.248 e. The van der Waals surface area contributed by atoms with E-state index in [4.69, 9.17) is 11.6 Å². The molecule has 3 aromatic rings. The third-order valence-corrected chi connectivity index (χ3v) is 4.06. The summed E-state index contributed by atoms with van der Waals surface area (Å²) in [5.74, 6) is -0.184. The molecule has 21 heavy (non-hydrogen) atoms. The highest BCUT2D eigenvalue weighted by molar-refractivity contribution is 7.10. The lowest BCUT2D eigenvalue weighted by Crippen LogP contribution is -2.08. The first-order chi connectivity index (χ1) is 10.2. The summed E-state index contributed by atoms with van der Waals surface area (Å²) in [7, 11) is 0. The maximum atomic E-state index is 12.0. The molecule has 0 bridgehead atoms. The number of nitrogens with zero attached hydrogens (tertiary/aromatic N) is 1. The highest BCUT2D eigenvalue weighted by Crippen LogP contribution is 2.26. The SMILES string of the molecule is O=C(/C=C/c1cccs1)Nc1ccnc2c(Cl)cccc12. The van der Waals surface area contributed by atoms with Crippen molar-refractivity contribution in [1.82, 2.24) is 4.98 Å². The number of para-hydroxylation sites is 1. The van der Waals surface area contributed by atoms with E-state index in [1.165, 1.54) is 6.08 Å². The number of hydrogen-bond acceptors (Lipinski definition) is 3. The van der Waals surface area contributed by atoms with Crippen molar-refractivity contribution in [1.29, 1.82) is 0 Å². The van der Waals surface area contributed by atoms with Crippen LogP contribution in [0.25, 0.3) is 17.0 Å². The molecule has 1 N–H and O–H groups in total. The monoisotopic (exact) mass is 314 g/mol. The van der Waals surface area contributed by atoms with Crippen LogP contribution < -0.4 is 5.32 Å². The number of fused-ring (bicyclic) bond motifs is 1.